The highest BCUT2D eigenvalue weighted by Crippen LogP contribution is 2.41. The summed E-state index contributed by atoms with van der Waals surface area (Å²) >= 11 is 9.05. The van der Waals surface area contributed by atoms with Crippen molar-refractivity contribution in [2.45, 2.75) is 32.6 Å². The van der Waals surface area contributed by atoms with Crippen LogP contribution in [-0.4, -0.2) is 24.0 Å². The summed E-state index contributed by atoms with van der Waals surface area (Å²) in [4.78, 5) is 33.1. The molecule has 1 atom stereocenters. The van der Waals surface area contributed by atoms with E-state index in [2.05, 4.69) is 12.2 Å². The molecule has 34 heavy (non-hydrogen) atoms. The molecule has 1 N–H and O–H groups in total. The number of halogens is 1. The fraction of sp³-hybridized carbons (Fsp3) is 0.269. The van der Waals surface area contributed by atoms with Crippen LogP contribution < -0.4 is 5.32 Å². The number of hydrogen-bond acceptors (Lipinski definition) is 6. The summed E-state index contributed by atoms with van der Waals surface area (Å²) in [5.41, 5.74) is 3.42. The zero-order valence-corrected chi connectivity index (χ0v) is 21.2. The molecule has 0 bridgehead atoms. The molecule has 3 aromatic heterocycles. The van der Waals surface area contributed by atoms with E-state index in [4.69, 9.17) is 21.3 Å². The van der Waals surface area contributed by atoms with Crippen molar-refractivity contribution in [3.63, 3.8) is 0 Å². The highest BCUT2D eigenvalue weighted by Gasteiger charge is 2.30. The maximum Gasteiger partial charge on any atom is 0.341 e. The number of anilines is 1. The van der Waals surface area contributed by atoms with Gasteiger partial charge in [-0.3, -0.25) is 4.79 Å². The lowest BCUT2D eigenvalue weighted by Crippen LogP contribution is -2.17. The normalized spacial score (nSPS) is 15.2. The van der Waals surface area contributed by atoms with Crippen molar-refractivity contribution in [2.75, 3.05) is 12.4 Å². The van der Waals surface area contributed by atoms with Crippen LogP contribution in [-0.2, 0) is 17.6 Å². The molecule has 1 aliphatic carbocycles. The lowest BCUT2D eigenvalue weighted by Gasteiger charge is -2.20. The van der Waals surface area contributed by atoms with Crippen molar-refractivity contribution in [3.8, 4) is 10.6 Å². The monoisotopic (exact) mass is 510 g/mol. The van der Waals surface area contributed by atoms with Crippen molar-refractivity contribution in [1.29, 1.82) is 0 Å². The van der Waals surface area contributed by atoms with Crippen LogP contribution in [0.15, 0.2) is 42.5 Å². The summed E-state index contributed by atoms with van der Waals surface area (Å²) in [6, 6.07) is 13.1. The van der Waals surface area contributed by atoms with E-state index in [9.17, 15) is 9.59 Å². The number of fused-ring (bicyclic) bond motifs is 2. The molecule has 0 radical (unpaired) electrons. The number of para-hydroxylation sites is 1. The maximum atomic E-state index is 13.6. The van der Waals surface area contributed by atoms with Crippen LogP contribution in [0.4, 0.5) is 5.00 Å². The first-order valence-corrected chi connectivity index (χ1v) is 13.2. The van der Waals surface area contributed by atoms with E-state index in [1.807, 2.05) is 36.4 Å². The number of methoxy groups -OCH3 is 1. The Balaban J connectivity index is 1.57. The van der Waals surface area contributed by atoms with Gasteiger partial charge in [0.15, 0.2) is 0 Å². The van der Waals surface area contributed by atoms with Crippen molar-refractivity contribution in [1.82, 2.24) is 4.98 Å². The highest BCUT2D eigenvalue weighted by molar-refractivity contribution is 7.19. The average molecular weight is 511 g/mol. The molecule has 0 saturated heterocycles. The minimum atomic E-state index is -0.406. The predicted molar refractivity (Wildman–Crippen MR) is 139 cm³/mol. The molecule has 0 aliphatic heterocycles. The molecule has 4 aromatic rings. The van der Waals surface area contributed by atoms with Crippen LogP contribution in [0.3, 0.4) is 0 Å². The molecule has 0 saturated carbocycles. The molecule has 1 amide bonds. The number of amides is 1. The molecule has 0 fully saturated rings. The molecule has 5 nitrogen and oxygen atoms in total. The Bertz CT molecular complexity index is 1410. The van der Waals surface area contributed by atoms with Gasteiger partial charge in [-0.15, -0.1) is 22.7 Å². The van der Waals surface area contributed by atoms with Crippen LogP contribution in [0.5, 0.6) is 0 Å². The maximum absolute atomic E-state index is 13.6. The first-order valence-electron chi connectivity index (χ1n) is 11.2. The van der Waals surface area contributed by atoms with Crippen LogP contribution in [0.1, 0.15) is 50.9 Å². The van der Waals surface area contributed by atoms with Crippen LogP contribution in [0, 0.1) is 5.92 Å². The summed E-state index contributed by atoms with van der Waals surface area (Å²) in [7, 11) is 1.38. The minimum Gasteiger partial charge on any atom is -0.465 e. The number of thiophene rings is 2. The number of carbonyl (C=O) groups excluding carboxylic acids is 2. The number of hydrogen-bond donors (Lipinski definition) is 1. The Labute approximate surface area is 210 Å². The minimum absolute atomic E-state index is 0.279. The first-order chi connectivity index (χ1) is 16.5. The molecule has 5 rings (SSSR count). The number of benzene rings is 1. The quantitative estimate of drug-likeness (QED) is 0.287. The molecule has 1 aliphatic rings. The first kappa shape index (κ1) is 23.0. The SMILES string of the molecule is CC[C@H]1CCc2c(sc(NC(=O)c3cc(-c4ccc(Cl)s4)nc4ccccc34)c2C(=O)OC)C1. The van der Waals surface area contributed by atoms with Gasteiger partial charge in [0.25, 0.3) is 5.91 Å². The third-order valence-corrected chi connectivity index (χ3v) is 8.77. The second-order valence-electron chi connectivity index (χ2n) is 8.35. The number of nitrogens with one attached hydrogen (secondary N) is 1. The van der Waals surface area contributed by atoms with Gasteiger partial charge in [0.05, 0.1) is 38.7 Å². The van der Waals surface area contributed by atoms with Gasteiger partial charge in [0, 0.05) is 10.3 Å². The van der Waals surface area contributed by atoms with Gasteiger partial charge in [-0.1, -0.05) is 43.1 Å². The third kappa shape index (κ3) is 4.24. The molecule has 174 valence electrons. The number of esters is 1. The summed E-state index contributed by atoms with van der Waals surface area (Å²) in [5, 5.41) is 4.34. The van der Waals surface area contributed by atoms with Crippen LogP contribution in [0.25, 0.3) is 21.5 Å². The van der Waals surface area contributed by atoms with Crippen LogP contribution in [0.2, 0.25) is 4.34 Å². The van der Waals surface area contributed by atoms with Crippen molar-refractivity contribution in [2.24, 2.45) is 5.92 Å². The number of carbonyl (C=O) groups is 2. The molecule has 8 heteroatoms. The Hall–Kier alpha value is -2.74. The Morgan fingerprint density at radius 1 is 1.21 bits per heavy atom. The van der Waals surface area contributed by atoms with Gasteiger partial charge in [0.2, 0.25) is 0 Å². The van der Waals surface area contributed by atoms with Gasteiger partial charge >= 0.3 is 5.97 Å². The molecular formula is C26H23ClN2O3S2. The second-order valence-corrected chi connectivity index (χ2v) is 11.2. The van der Waals surface area contributed by atoms with Gasteiger partial charge in [-0.2, -0.15) is 0 Å². The third-order valence-electron chi connectivity index (χ3n) is 6.35. The summed E-state index contributed by atoms with van der Waals surface area (Å²) in [6.07, 6.45) is 3.90. The molecule has 0 spiro atoms. The number of ether oxygens (including phenoxy) is 1. The van der Waals surface area contributed by atoms with Crippen molar-refractivity contribution in [3.05, 3.63) is 68.4 Å². The smallest absolute Gasteiger partial charge is 0.341 e. The Kier molecular flexibility index (Phi) is 6.42. The van der Waals surface area contributed by atoms with Gasteiger partial charge in [-0.05, 0) is 55.0 Å². The number of pyridine rings is 1. The van der Waals surface area contributed by atoms with E-state index in [1.54, 1.807) is 6.07 Å². The van der Waals surface area contributed by atoms with E-state index >= 15 is 0 Å². The highest BCUT2D eigenvalue weighted by atomic mass is 35.5. The molecule has 3 heterocycles. The summed E-state index contributed by atoms with van der Waals surface area (Å²) < 4.78 is 5.75. The topological polar surface area (TPSA) is 68.3 Å². The Morgan fingerprint density at radius 2 is 2.03 bits per heavy atom. The van der Waals surface area contributed by atoms with Gasteiger partial charge in [-0.25, -0.2) is 9.78 Å². The molecular weight excluding hydrogens is 488 g/mol. The van der Waals surface area contributed by atoms with Gasteiger partial charge in [0.1, 0.15) is 5.00 Å². The fourth-order valence-electron chi connectivity index (χ4n) is 4.52. The fourth-order valence-corrected chi connectivity index (χ4v) is 6.87. The zero-order chi connectivity index (χ0) is 23.8. The van der Waals surface area contributed by atoms with Crippen LogP contribution >= 0.6 is 34.3 Å². The van der Waals surface area contributed by atoms with E-state index < -0.39 is 5.97 Å². The predicted octanol–water partition coefficient (Wildman–Crippen LogP) is 7.23. The largest absolute Gasteiger partial charge is 0.465 e. The van der Waals surface area contributed by atoms with Gasteiger partial charge < -0.3 is 10.1 Å². The van der Waals surface area contributed by atoms with E-state index in [0.717, 1.165) is 47.0 Å². The average Bonchev–Trinajstić information content (AvgIpc) is 3.45. The van der Waals surface area contributed by atoms with Crippen molar-refractivity contribution >= 4 is 62.1 Å². The number of aromatic nitrogens is 1. The Morgan fingerprint density at radius 3 is 2.76 bits per heavy atom. The van der Waals surface area contributed by atoms with Crippen molar-refractivity contribution < 1.29 is 14.3 Å². The summed E-state index contributed by atoms with van der Waals surface area (Å²) in [5.74, 6) is -0.0842. The lowest BCUT2D eigenvalue weighted by atomic mass is 9.85. The number of rotatable bonds is 5. The molecule has 1 aromatic carbocycles. The summed E-state index contributed by atoms with van der Waals surface area (Å²) in [6.45, 7) is 2.19. The lowest BCUT2D eigenvalue weighted by molar-refractivity contribution is 0.0601. The molecule has 0 unspecified atom stereocenters. The number of nitrogens with zero attached hydrogens (tertiary/aromatic N) is 1. The standard InChI is InChI=1S/C26H23ClN2O3S2/c1-3-14-8-9-16-21(12-14)34-25(23(16)26(31)32-2)29-24(30)17-13-19(20-10-11-22(27)33-20)28-18-7-5-4-6-15(17)18/h4-7,10-11,13-14H,3,8-9,12H2,1-2H3,(H,29,30)/t14-/m0/s1. The zero-order valence-electron chi connectivity index (χ0n) is 18.8. The second kappa shape index (κ2) is 9.49. The van der Waals surface area contributed by atoms with E-state index in [0.29, 0.717) is 32.1 Å². The van der Waals surface area contributed by atoms with E-state index in [-0.39, 0.29) is 5.91 Å². The van der Waals surface area contributed by atoms with E-state index in [1.165, 1.54) is 34.7 Å².